The minimum absolute atomic E-state index is 0.0575. The average Bonchev–Trinajstić information content (AvgIpc) is 3.16. The summed E-state index contributed by atoms with van der Waals surface area (Å²) in [4.78, 5) is 40.1. The largest absolute Gasteiger partial charge is 0.507 e. The van der Waals surface area contributed by atoms with Gasteiger partial charge in [-0.2, -0.15) is 0 Å². The van der Waals surface area contributed by atoms with Crippen LogP contribution in [-0.4, -0.2) is 67.0 Å². The number of hydrogen-bond acceptors (Lipinski definition) is 11. The number of aryl methyl sites for hydroxylation is 1. The molecule has 11 heteroatoms. The van der Waals surface area contributed by atoms with Crippen LogP contribution in [0.2, 0.25) is 0 Å². The Balaban J connectivity index is 1.50. The minimum atomic E-state index is -2.39. The van der Waals surface area contributed by atoms with Crippen LogP contribution in [0.1, 0.15) is 58.2 Å². The molecule has 1 spiro atoms. The lowest BCUT2D eigenvalue weighted by atomic mass is 9.61. The second-order valence-corrected chi connectivity index (χ2v) is 11.5. The maximum absolute atomic E-state index is 14.0. The maximum atomic E-state index is 14.0. The number of carbonyl (C=O) groups is 3. The molecule has 0 saturated heterocycles. The summed E-state index contributed by atoms with van der Waals surface area (Å²) in [6, 6.07) is 4.40. The van der Waals surface area contributed by atoms with Gasteiger partial charge >= 0.3 is 5.97 Å². The minimum Gasteiger partial charge on any atom is -0.507 e. The first-order chi connectivity index (χ1) is 19.9. The molecule has 216 valence electrons. The van der Waals surface area contributed by atoms with E-state index in [1.54, 1.807) is 19.1 Å². The van der Waals surface area contributed by atoms with Crippen molar-refractivity contribution in [2.45, 2.75) is 49.9 Å². The number of phenols is 2. The van der Waals surface area contributed by atoms with Gasteiger partial charge in [0.25, 0.3) is 5.60 Å². The number of rotatable bonds is 1. The van der Waals surface area contributed by atoms with Crippen LogP contribution in [-0.2, 0) is 25.5 Å². The standard InChI is InChI=1S/C31H26O11/c1-11-7-14-20(16(33)8-11)26(37)23-24(35)13-5-6-30(23,28(14)39)10-12-9-17-21(25(36)19(12)13)27(38)22-15(32)3-4-18(34)31(22,42-17)29(40)41-2/h5-9,13,18,28,33-34,36-39H,3-4,10H2,1-2H3. The molecule has 0 radical (unpaired) electrons. The van der Waals surface area contributed by atoms with Crippen LogP contribution < -0.4 is 4.74 Å². The third-order valence-corrected chi connectivity index (χ3v) is 9.31. The molecular formula is C31H26O11. The van der Waals surface area contributed by atoms with E-state index in [2.05, 4.69) is 0 Å². The van der Waals surface area contributed by atoms with E-state index in [-0.39, 0.29) is 58.6 Å². The van der Waals surface area contributed by atoms with Gasteiger partial charge in [0.15, 0.2) is 11.6 Å². The van der Waals surface area contributed by atoms with Gasteiger partial charge in [0, 0.05) is 12.0 Å². The van der Waals surface area contributed by atoms with Crippen molar-refractivity contribution in [1.29, 1.82) is 0 Å². The lowest BCUT2D eigenvalue weighted by Crippen LogP contribution is -2.61. The van der Waals surface area contributed by atoms with Crippen molar-refractivity contribution in [2.75, 3.05) is 7.11 Å². The summed E-state index contributed by atoms with van der Waals surface area (Å²) in [5.41, 5.74) is -3.81. The van der Waals surface area contributed by atoms with Crippen LogP contribution in [0.3, 0.4) is 0 Å². The van der Waals surface area contributed by atoms with Crippen LogP contribution in [0.25, 0.3) is 11.5 Å². The van der Waals surface area contributed by atoms with Crippen LogP contribution in [0.5, 0.6) is 17.2 Å². The van der Waals surface area contributed by atoms with Gasteiger partial charge in [-0.15, -0.1) is 0 Å². The quantitative estimate of drug-likeness (QED) is 0.217. The molecule has 6 N–H and O–H groups in total. The molecule has 0 amide bonds. The summed E-state index contributed by atoms with van der Waals surface area (Å²) in [6.07, 6.45) is -0.341. The fourth-order valence-electron chi connectivity index (χ4n) is 7.49. The number of aliphatic hydroxyl groups excluding tert-OH is 4. The predicted molar refractivity (Wildman–Crippen MR) is 144 cm³/mol. The van der Waals surface area contributed by atoms with Gasteiger partial charge in [-0.25, -0.2) is 4.79 Å². The number of hydrogen-bond donors (Lipinski definition) is 6. The number of ether oxygens (including phenoxy) is 2. The molecule has 42 heavy (non-hydrogen) atoms. The number of aliphatic hydroxyl groups is 4. The van der Waals surface area contributed by atoms with Crippen LogP contribution >= 0.6 is 0 Å². The highest BCUT2D eigenvalue weighted by Crippen LogP contribution is 2.62. The summed E-state index contributed by atoms with van der Waals surface area (Å²) < 4.78 is 10.9. The second-order valence-electron chi connectivity index (χ2n) is 11.5. The first-order valence-corrected chi connectivity index (χ1v) is 13.4. The zero-order valence-corrected chi connectivity index (χ0v) is 22.5. The molecule has 1 aliphatic heterocycles. The first kappa shape index (κ1) is 26.3. The highest BCUT2D eigenvalue weighted by atomic mass is 16.6. The Morgan fingerprint density at radius 1 is 1.02 bits per heavy atom. The third kappa shape index (κ3) is 2.89. The van der Waals surface area contributed by atoms with E-state index in [4.69, 9.17) is 9.47 Å². The number of methoxy groups -OCH3 is 1. The number of ketones is 2. The summed E-state index contributed by atoms with van der Waals surface area (Å²) in [7, 11) is 1.04. The molecule has 6 aliphatic rings. The first-order valence-electron chi connectivity index (χ1n) is 13.4. The van der Waals surface area contributed by atoms with Crippen molar-refractivity contribution in [1.82, 2.24) is 0 Å². The highest BCUT2D eigenvalue weighted by Gasteiger charge is 2.62. The molecular weight excluding hydrogens is 548 g/mol. The SMILES string of the molecule is COC(=O)C12Oc3cc4c(c(O)c3C(O)=C1C(=O)CCC2O)C1C=CC2(C4)C(=C(O)c3c(O)cc(C)cc3C2O)C1=O. The zero-order chi connectivity index (χ0) is 30.0. The van der Waals surface area contributed by atoms with Crippen molar-refractivity contribution in [3.8, 4) is 17.2 Å². The number of Topliss-reactive ketones (excluding diaryl/α,β-unsaturated/α-hetero) is 2. The molecule has 5 unspecified atom stereocenters. The van der Waals surface area contributed by atoms with Crippen molar-refractivity contribution >= 4 is 29.1 Å². The molecule has 5 aliphatic carbocycles. The molecule has 8 rings (SSSR count). The van der Waals surface area contributed by atoms with Crippen LogP contribution in [0.4, 0.5) is 0 Å². The summed E-state index contributed by atoms with van der Waals surface area (Å²) in [6.45, 7) is 1.71. The van der Waals surface area contributed by atoms with Crippen LogP contribution in [0.15, 0.2) is 41.5 Å². The monoisotopic (exact) mass is 574 g/mol. The molecule has 11 nitrogen and oxygen atoms in total. The fraction of sp³-hybridized carbons (Fsp3) is 0.323. The Hall–Kier alpha value is -4.61. The van der Waals surface area contributed by atoms with E-state index in [1.807, 2.05) is 0 Å². The van der Waals surface area contributed by atoms with Crippen LogP contribution in [0, 0.1) is 12.3 Å². The van der Waals surface area contributed by atoms with Gasteiger partial charge in [0.05, 0.1) is 41.3 Å². The van der Waals surface area contributed by atoms with E-state index in [9.17, 15) is 45.0 Å². The number of carbonyl (C=O) groups excluding carboxylic acids is 3. The van der Waals surface area contributed by atoms with E-state index in [1.165, 1.54) is 18.2 Å². The van der Waals surface area contributed by atoms with Gasteiger partial charge in [-0.3, -0.25) is 9.59 Å². The number of phenolic OH excluding ortho intramolecular Hbond substituents is 2. The Labute approximate surface area is 238 Å². The summed E-state index contributed by atoms with van der Waals surface area (Å²) >= 11 is 0. The lowest BCUT2D eigenvalue weighted by molar-refractivity contribution is -0.169. The molecule has 2 aromatic rings. The molecule has 2 aromatic carbocycles. The van der Waals surface area contributed by atoms with Gasteiger partial charge in [0.1, 0.15) is 40.4 Å². The van der Waals surface area contributed by atoms with E-state index >= 15 is 0 Å². The van der Waals surface area contributed by atoms with Gasteiger partial charge < -0.3 is 40.1 Å². The van der Waals surface area contributed by atoms with E-state index in [0.29, 0.717) is 11.1 Å². The molecule has 1 fully saturated rings. The molecule has 1 saturated carbocycles. The average molecular weight is 575 g/mol. The summed E-state index contributed by atoms with van der Waals surface area (Å²) in [5, 5.41) is 67.7. The lowest BCUT2D eigenvalue weighted by Gasteiger charge is -2.43. The number of esters is 1. The Kier molecular flexibility index (Phi) is 5.16. The summed E-state index contributed by atoms with van der Waals surface area (Å²) in [5.74, 6) is -6.03. The number of benzene rings is 2. The predicted octanol–water partition coefficient (Wildman–Crippen LogP) is 2.48. The van der Waals surface area contributed by atoms with Gasteiger partial charge in [-0.05, 0) is 48.6 Å². The molecule has 0 aromatic heterocycles. The number of fused-ring (bicyclic) bond motifs is 3. The van der Waals surface area contributed by atoms with Gasteiger partial charge in [0.2, 0.25) is 0 Å². The topological polar surface area (TPSA) is 191 Å². The van der Waals surface area contributed by atoms with E-state index in [0.717, 1.165) is 7.11 Å². The highest BCUT2D eigenvalue weighted by molar-refractivity contribution is 6.14. The Morgan fingerprint density at radius 3 is 2.45 bits per heavy atom. The number of aromatic hydroxyl groups is 2. The smallest absolute Gasteiger partial charge is 0.358 e. The Morgan fingerprint density at radius 2 is 1.74 bits per heavy atom. The third-order valence-electron chi connectivity index (χ3n) is 9.31. The molecule has 2 bridgehead atoms. The van der Waals surface area contributed by atoms with E-state index < -0.39 is 69.5 Å². The molecule has 5 atom stereocenters. The normalized spacial score (nSPS) is 30.5. The van der Waals surface area contributed by atoms with Crippen molar-refractivity contribution < 1.29 is 54.5 Å². The van der Waals surface area contributed by atoms with Crippen molar-refractivity contribution in [2.24, 2.45) is 5.41 Å². The zero-order valence-electron chi connectivity index (χ0n) is 22.5. The second kappa shape index (κ2) is 8.24. The Bertz CT molecular complexity index is 1780. The maximum Gasteiger partial charge on any atom is 0.358 e. The van der Waals surface area contributed by atoms with Gasteiger partial charge in [-0.1, -0.05) is 18.2 Å². The van der Waals surface area contributed by atoms with Crippen molar-refractivity contribution in [3.63, 3.8) is 0 Å². The van der Waals surface area contributed by atoms with Crippen molar-refractivity contribution in [3.05, 3.63) is 74.9 Å². The molecule has 1 heterocycles. The fourth-order valence-corrected chi connectivity index (χ4v) is 7.49. The number of allylic oxidation sites excluding steroid dienone is 1.